The second kappa shape index (κ2) is 70.4. The number of phosphoric ester groups is 2. The molecule has 0 saturated heterocycles. The van der Waals surface area contributed by atoms with Gasteiger partial charge in [0.05, 0.1) is 26.4 Å². The number of aliphatic hydroxyl groups is 1. The van der Waals surface area contributed by atoms with Crippen LogP contribution >= 0.6 is 15.6 Å². The van der Waals surface area contributed by atoms with Gasteiger partial charge in [0.2, 0.25) is 0 Å². The lowest BCUT2D eigenvalue weighted by Crippen LogP contribution is -2.30. The van der Waals surface area contributed by atoms with Gasteiger partial charge < -0.3 is 33.8 Å². The van der Waals surface area contributed by atoms with Crippen LogP contribution in [0.1, 0.15) is 414 Å². The third-order valence-corrected chi connectivity index (χ3v) is 20.9. The second-order valence-electron chi connectivity index (χ2n) is 30.0. The van der Waals surface area contributed by atoms with Gasteiger partial charge in [0.1, 0.15) is 19.3 Å². The number of carbonyl (C=O) groups is 4. The molecule has 3 unspecified atom stereocenters. The average molecular weight is 1450 g/mol. The Kier molecular flexibility index (Phi) is 69.0. The summed E-state index contributed by atoms with van der Waals surface area (Å²) in [4.78, 5) is 72.8. The van der Waals surface area contributed by atoms with E-state index >= 15 is 0 Å². The van der Waals surface area contributed by atoms with Gasteiger partial charge in [-0.15, -0.1) is 0 Å². The lowest BCUT2D eigenvalue weighted by atomic mass is 9.99. The summed E-state index contributed by atoms with van der Waals surface area (Å²) in [5, 5.41) is 10.6. The Morgan fingerprint density at radius 2 is 0.515 bits per heavy atom. The third-order valence-electron chi connectivity index (χ3n) is 19.0. The van der Waals surface area contributed by atoms with Gasteiger partial charge in [-0.25, -0.2) is 9.13 Å². The summed E-state index contributed by atoms with van der Waals surface area (Å²) in [6, 6.07) is 0. The summed E-state index contributed by atoms with van der Waals surface area (Å²) >= 11 is 0. The molecule has 0 saturated carbocycles. The predicted octanol–water partition coefficient (Wildman–Crippen LogP) is 23.7. The molecule has 6 atom stereocenters. The zero-order chi connectivity index (χ0) is 73.0. The number of aliphatic hydroxyl groups excluding tert-OH is 1. The molecule has 0 aliphatic heterocycles. The molecule has 0 aromatic rings. The zero-order valence-electron chi connectivity index (χ0n) is 65.0. The maximum absolute atomic E-state index is 13.1. The molecule has 0 aliphatic rings. The van der Waals surface area contributed by atoms with Crippen molar-refractivity contribution in [2.75, 3.05) is 39.6 Å². The molecule has 99 heavy (non-hydrogen) atoms. The van der Waals surface area contributed by atoms with Gasteiger partial charge in [0.25, 0.3) is 0 Å². The summed E-state index contributed by atoms with van der Waals surface area (Å²) in [6.07, 6.45) is 58.5. The van der Waals surface area contributed by atoms with Crippen molar-refractivity contribution in [2.24, 2.45) is 17.8 Å². The Labute approximate surface area is 607 Å². The first-order chi connectivity index (χ1) is 47.8. The number of ether oxygens (including phenoxy) is 4. The second-order valence-corrected chi connectivity index (χ2v) is 32.9. The van der Waals surface area contributed by atoms with Crippen LogP contribution < -0.4 is 0 Å². The van der Waals surface area contributed by atoms with E-state index in [0.29, 0.717) is 25.7 Å². The van der Waals surface area contributed by atoms with E-state index in [-0.39, 0.29) is 25.7 Å². The Morgan fingerprint density at radius 3 is 0.768 bits per heavy atom. The van der Waals surface area contributed by atoms with Crippen LogP contribution in [0.2, 0.25) is 0 Å². The summed E-state index contributed by atoms with van der Waals surface area (Å²) in [5.41, 5.74) is 0. The van der Waals surface area contributed by atoms with E-state index < -0.39 is 97.5 Å². The Hall–Kier alpha value is -1.94. The van der Waals surface area contributed by atoms with Crippen molar-refractivity contribution >= 4 is 39.5 Å². The monoisotopic (exact) mass is 1450 g/mol. The highest BCUT2D eigenvalue weighted by Crippen LogP contribution is 2.45. The molecular weight excluding hydrogens is 1290 g/mol. The van der Waals surface area contributed by atoms with Gasteiger partial charge in [-0.2, -0.15) is 0 Å². The van der Waals surface area contributed by atoms with E-state index in [1.165, 1.54) is 212 Å². The summed E-state index contributed by atoms with van der Waals surface area (Å²) in [5.74, 6) is 0.305. The Bertz CT molecular complexity index is 1920. The first-order valence-electron chi connectivity index (χ1n) is 41.4. The highest BCUT2D eigenvalue weighted by molar-refractivity contribution is 7.47. The lowest BCUT2D eigenvalue weighted by molar-refractivity contribution is -0.161. The molecule has 0 amide bonds. The minimum atomic E-state index is -4.96. The molecule has 0 fully saturated rings. The minimum absolute atomic E-state index is 0.106. The number of hydrogen-bond donors (Lipinski definition) is 3. The fourth-order valence-corrected chi connectivity index (χ4v) is 13.9. The van der Waals surface area contributed by atoms with Crippen LogP contribution in [0, 0.1) is 17.8 Å². The number of phosphoric acid groups is 2. The topological polar surface area (TPSA) is 237 Å². The molecule has 3 N–H and O–H groups in total. The Morgan fingerprint density at radius 1 is 0.293 bits per heavy atom. The fraction of sp³-hybridized carbons (Fsp3) is 0.950. The summed E-state index contributed by atoms with van der Waals surface area (Å²) in [6.45, 7) is 12.0. The number of rotatable bonds is 78. The van der Waals surface area contributed by atoms with Crippen LogP contribution in [-0.4, -0.2) is 96.7 Å². The maximum atomic E-state index is 13.1. The SMILES string of the molecule is CCCCCCCCCC(=O)OC[C@H](COP(=O)(O)OC[C@H](O)COP(=O)(O)OC[C@@H](COC(=O)CCCCCCCCCCCCCCCCC(C)C)OC(=O)CCCCCCCCCCCCCCCCCCCCC(C)CC)OC(=O)CCCCCCCCCCCCC(C)C. The quantitative estimate of drug-likeness (QED) is 0.0222. The van der Waals surface area contributed by atoms with E-state index in [4.69, 9.17) is 37.0 Å². The molecule has 0 aromatic carbocycles. The molecular formula is C80H156O17P2. The standard InChI is InChI=1S/C80H156O17P2/c1-8-10-11-12-37-47-54-61-77(82)90-67-75(96-80(85)64-57-50-43-36-30-29-32-39-45-52-59-72(5)6)69-94-98(86,87)92-65-74(81)66-93-99(88,89)95-70-76(68-91-78(83)62-55-48-41-34-27-23-20-19-21-25-31-38-44-51-58-71(3)4)97-79(84)63-56-49-42-35-28-24-18-16-14-13-15-17-22-26-33-40-46-53-60-73(7)9-2/h71-76,81H,8-70H2,1-7H3,(H,86,87)(H,88,89)/t73?,74-,75+,76+/m0/s1. The van der Waals surface area contributed by atoms with Crippen molar-refractivity contribution in [1.29, 1.82) is 0 Å². The van der Waals surface area contributed by atoms with Crippen molar-refractivity contribution in [3.05, 3.63) is 0 Å². The van der Waals surface area contributed by atoms with Gasteiger partial charge in [0.15, 0.2) is 12.2 Å². The number of unbranched alkanes of at least 4 members (excludes halogenated alkanes) is 45. The first kappa shape index (κ1) is 97.1. The largest absolute Gasteiger partial charge is 0.472 e. The molecule has 0 rings (SSSR count). The molecule has 0 aliphatic carbocycles. The van der Waals surface area contributed by atoms with Crippen LogP contribution in [0.5, 0.6) is 0 Å². The molecule has 0 spiro atoms. The predicted molar refractivity (Wildman–Crippen MR) is 405 cm³/mol. The van der Waals surface area contributed by atoms with Crippen LogP contribution in [-0.2, 0) is 65.4 Å². The van der Waals surface area contributed by atoms with Crippen molar-refractivity contribution in [2.45, 2.75) is 433 Å². The smallest absolute Gasteiger partial charge is 0.462 e. The van der Waals surface area contributed by atoms with Crippen LogP contribution in [0.15, 0.2) is 0 Å². The van der Waals surface area contributed by atoms with Crippen LogP contribution in [0.25, 0.3) is 0 Å². The molecule has 0 bridgehead atoms. The van der Waals surface area contributed by atoms with Crippen molar-refractivity contribution in [1.82, 2.24) is 0 Å². The molecule has 17 nitrogen and oxygen atoms in total. The maximum Gasteiger partial charge on any atom is 0.472 e. The van der Waals surface area contributed by atoms with E-state index in [0.717, 1.165) is 120 Å². The normalized spacial score (nSPS) is 14.3. The summed E-state index contributed by atoms with van der Waals surface area (Å²) in [7, 11) is -9.91. The number of carbonyl (C=O) groups excluding carboxylic acids is 4. The van der Waals surface area contributed by atoms with E-state index in [1.54, 1.807) is 0 Å². The highest BCUT2D eigenvalue weighted by atomic mass is 31.2. The fourth-order valence-electron chi connectivity index (χ4n) is 12.3. The van der Waals surface area contributed by atoms with Crippen molar-refractivity contribution in [3.8, 4) is 0 Å². The van der Waals surface area contributed by atoms with Crippen LogP contribution in [0.3, 0.4) is 0 Å². The highest BCUT2D eigenvalue weighted by Gasteiger charge is 2.30. The number of esters is 4. The molecule has 0 radical (unpaired) electrons. The lowest BCUT2D eigenvalue weighted by Gasteiger charge is -2.21. The van der Waals surface area contributed by atoms with Gasteiger partial charge in [-0.05, 0) is 43.4 Å². The minimum Gasteiger partial charge on any atom is -0.462 e. The van der Waals surface area contributed by atoms with Gasteiger partial charge in [-0.3, -0.25) is 37.3 Å². The average Bonchev–Trinajstić information content (AvgIpc) is 1.01. The van der Waals surface area contributed by atoms with Crippen molar-refractivity contribution < 1.29 is 80.2 Å². The Balaban J connectivity index is 5.17. The number of hydrogen-bond acceptors (Lipinski definition) is 15. The van der Waals surface area contributed by atoms with Crippen molar-refractivity contribution in [3.63, 3.8) is 0 Å². The molecule has 19 heteroatoms. The molecule has 0 heterocycles. The summed E-state index contributed by atoms with van der Waals surface area (Å²) < 4.78 is 68.5. The van der Waals surface area contributed by atoms with E-state index in [1.807, 2.05) is 0 Å². The van der Waals surface area contributed by atoms with Gasteiger partial charge in [0, 0.05) is 25.7 Å². The van der Waals surface area contributed by atoms with Crippen LogP contribution in [0.4, 0.5) is 0 Å². The van der Waals surface area contributed by atoms with Gasteiger partial charge >= 0.3 is 39.5 Å². The van der Waals surface area contributed by atoms with Gasteiger partial charge in [-0.1, -0.05) is 363 Å². The molecule has 588 valence electrons. The van der Waals surface area contributed by atoms with E-state index in [2.05, 4.69) is 48.5 Å². The molecule has 0 aromatic heterocycles. The first-order valence-corrected chi connectivity index (χ1v) is 44.4. The zero-order valence-corrected chi connectivity index (χ0v) is 66.8. The third kappa shape index (κ3) is 72.8. The van der Waals surface area contributed by atoms with E-state index in [9.17, 15) is 43.2 Å².